The predicted octanol–water partition coefficient (Wildman–Crippen LogP) is 2.73. The Hall–Kier alpha value is -3.00. The van der Waals surface area contributed by atoms with Gasteiger partial charge in [-0.2, -0.15) is 5.26 Å². The summed E-state index contributed by atoms with van der Waals surface area (Å²) in [4.78, 5) is 14.1. The molecule has 2 aromatic rings. The molecule has 0 fully saturated rings. The SMILES string of the molecule is C=CCOc1ccc(CN(C)C(=O)c2cc(C#N)cn2C)cc1. The first kappa shape index (κ1) is 16.4. The third-order valence-corrected chi connectivity index (χ3v) is 3.41. The molecule has 0 spiro atoms. The van der Waals surface area contributed by atoms with Crippen LogP contribution in [0.4, 0.5) is 0 Å². The monoisotopic (exact) mass is 309 g/mol. The first-order chi connectivity index (χ1) is 11.0. The van der Waals surface area contributed by atoms with Crippen LogP contribution in [0.5, 0.6) is 5.75 Å². The molecule has 0 aliphatic heterocycles. The number of rotatable bonds is 6. The molecule has 1 amide bonds. The maximum absolute atomic E-state index is 12.5. The van der Waals surface area contributed by atoms with Gasteiger partial charge in [0.2, 0.25) is 0 Å². The van der Waals surface area contributed by atoms with Gasteiger partial charge < -0.3 is 14.2 Å². The van der Waals surface area contributed by atoms with E-state index in [1.54, 1.807) is 41.9 Å². The molecule has 0 atom stereocenters. The summed E-state index contributed by atoms with van der Waals surface area (Å²) in [6, 6.07) is 11.2. The van der Waals surface area contributed by atoms with Gasteiger partial charge in [-0.05, 0) is 23.8 Å². The highest BCUT2D eigenvalue weighted by molar-refractivity contribution is 5.93. The van der Waals surface area contributed by atoms with E-state index in [-0.39, 0.29) is 5.91 Å². The van der Waals surface area contributed by atoms with Crippen LogP contribution >= 0.6 is 0 Å². The molecule has 2 rings (SSSR count). The van der Waals surface area contributed by atoms with Gasteiger partial charge in [0.15, 0.2) is 0 Å². The van der Waals surface area contributed by atoms with Crippen molar-refractivity contribution >= 4 is 5.91 Å². The molecular formula is C18H19N3O2. The van der Waals surface area contributed by atoms with E-state index in [1.165, 1.54) is 0 Å². The predicted molar refractivity (Wildman–Crippen MR) is 88.1 cm³/mol. The van der Waals surface area contributed by atoms with Gasteiger partial charge in [0, 0.05) is 26.8 Å². The molecule has 0 unspecified atom stereocenters. The molecule has 1 heterocycles. The van der Waals surface area contributed by atoms with Gasteiger partial charge in [0.05, 0.1) is 5.56 Å². The van der Waals surface area contributed by atoms with E-state index in [2.05, 4.69) is 6.58 Å². The van der Waals surface area contributed by atoms with Gasteiger partial charge in [0.25, 0.3) is 5.91 Å². The Morgan fingerprint density at radius 2 is 2.13 bits per heavy atom. The van der Waals surface area contributed by atoms with Crippen LogP contribution in [0, 0.1) is 11.3 Å². The standard InChI is InChI=1S/C18H19N3O2/c1-4-9-23-16-7-5-14(6-8-16)12-21(3)18(22)17-10-15(11-19)13-20(17)2/h4-8,10,13H,1,9,12H2,2-3H3. The minimum Gasteiger partial charge on any atom is -0.490 e. The highest BCUT2D eigenvalue weighted by Gasteiger charge is 2.16. The normalized spacial score (nSPS) is 9.96. The lowest BCUT2D eigenvalue weighted by Gasteiger charge is -2.17. The van der Waals surface area contributed by atoms with Crippen molar-refractivity contribution in [2.24, 2.45) is 7.05 Å². The number of benzene rings is 1. The van der Waals surface area contributed by atoms with Gasteiger partial charge in [-0.25, -0.2) is 0 Å². The summed E-state index contributed by atoms with van der Waals surface area (Å²) in [7, 11) is 3.50. The second-order valence-electron chi connectivity index (χ2n) is 5.24. The molecule has 1 aromatic heterocycles. The molecule has 0 saturated carbocycles. The Kier molecular flexibility index (Phi) is 5.21. The lowest BCUT2D eigenvalue weighted by atomic mass is 10.2. The average Bonchev–Trinajstić information content (AvgIpc) is 2.94. The van der Waals surface area contributed by atoms with Crippen molar-refractivity contribution in [1.29, 1.82) is 5.26 Å². The van der Waals surface area contributed by atoms with E-state index in [9.17, 15) is 4.79 Å². The lowest BCUT2D eigenvalue weighted by Crippen LogP contribution is -2.27. The van der Waals surface area contributed by atoms with E-state index >= 15 is 0 Å². The van der Waals surface area contributed by atoms with Gasteiger partial charge in [0.1, 0.15) is 24.1 Å². The van der Waals surface area contributed by atoms with Gasteiger partial charge >= 0.3 is 0 Å². The summed E-state index contributed by atoms with van der Waals surface area (Å²) < 4.78 is 7.10. The minimum absolute atomic E-state index is 0.124. The average molecular weight is 309 g/mol. The van der Waals surface area contributed by atoms with E-state index in [1.807, 2.05) is 30.3 Å². The molecule has 0 aliphatic rings. The number of hydrogen-bond acceptors (Lipinski definition) is 3. The number of nitrogens with zero attached hydrogens (tertiary/aromatic N) is 3. The summed E-state index contributed by atoms with van der Waals surface area (Å²) in [6.07, 6.45) is 3.34. The maximum Gasteiger partial charge on any atom is 0.270 e. The highest BCUT2D eigenvalue weighted by atomic mass is 16.5. The zero-order valence-electron chi connectivity index (χ0n) is 13.3. The number of carbonyl (C=O) groups is 1. The third kappa shape index (κ3) is 4.01. The Balaban J connectivity index is 2.04. The Morgan fingerprint density at radius 3 is 2.70 bits per heavy atom. The summed E-state index contributed by atoms with van der Waals surface area (Å²) in [5.74, 6) is 0.643. The van der Waals surface area contributed by atoms with Gasteiger partial charge in [-0.1, -0.05) is 24.8 Å². The summed E-state index contributed by atoms with van der Waals surface area (Å²) in [5.41, 5.74) is 1.98. The number of hydrogen-bond donors (Lipinski definition) is 0. The fraction of sp³-hybridized carbons (Fsp3) is 0.222. The fourth-order valence-corrected chi connectivity index (χ4v) is 2.23. The molecule has 0 radical (unpaired) electrons. The Morgan fingerprint density at radius 1 is 1.43 bits per heavy atom. The number of ether oxygens (including phenoxy) is 1. The molecule has 0 saturated heterocycles. The number of carbonyl (C=O) groups excluding carboxylic acids is 1. The zero-order chi connectivity index (χ0) is 16.8. The fourth-order valence-electron chi connectivity index (χ4n) is 2.23. The van der Waals surface area contributed by atoms with Gasteiger partial charge in [-0.3, -0.25) is 4.79 Å². The quantitative estimate of drug-likeness (QED) is 0.771. The number of aryl methyl sites for hydroxylation is 1. The van der Waals surface area contributed by atoms with Crippen molar-refractivity contribution in [2.45, 2.75) is 6.54 Å². The molecule has 0 aliphatic carbocycles. The molecule has 5 nitrogen and oxygen atoms in total. The molecule has 23 heavy (non-hydrogen) atoms. The van der Waals surface area contributed by atoms with Crippen LogP contribution in [0.1, 0.15) is 21.6 Å². The molecule has 0 N–H and O–H groups in total. The smallest absolute Gasteiger partial charge is 0.270 e. The highest BCUT2D eigenvalue weighted by Crippen LogP contribution is 2.15. The molecule has 0 bridgehead atoms. The van der Waals surface area contributed by atoms with Crippen LogP contribution in [0.3, 0.4) is 0 Å². The van der Waals surface area contributed by atoms with E-state index in [4.69, 9.17) is 10.00 Å². The van der Waals surface area contributed by atoms with Crippen molar-refractivity contribution in [2.75, 3.05) is 13.7 Å². The number of aromatic nitrogens is 1. The van der Waals surface area contributed by atoms with Gasteiger partial charge in [-0.15, -0.1) is 0 Å². The van der Waals surface area contributed by atoms with E-state index in [0.29, 0.717) is 24.4 Å². The molecule has 118 valence electrons. The van der Waals surface area contributed by atoms with Crippen molar-refractivity contribution in [3.05, 3.63) is 66.0 Å². The van der Waals surface area contributed by atoms with Crippen molar-refractivity contribution in [3.63, 3.8) is 0 Å². The largest absolute Gasteiger partial charge is 0.490 e. The number of nitriles is 1. The van der Waals surface area contributed by atoms with E-state index < -0.39 is 0 Å². The number of amides is 1. The summed E-state index contributed by atoms with van der Waals surface area (Å²) in [6.45, 7) is 4.55. The van der Waals surface area contributed by atoms with Crippen LogP contribution in [-0.2, 0) is 13.6 Å². The van der Waals surface area contributed by atoms with Crippen molar-refractivity contribution < 1.29 is 9.53 Å². The van der Waals surface area contributed by atoms with Crippen molar-refractivity contribution in [3.8, 4) is 11.8 Å². The third-order valence-electron chi connectivity index (χ3n) is 3.41. The maximum atomic E-state index is 12.5. The summed E-state index contributed by atoms with van der Waals surface area (Å²) in [5, 5.41) is 8.91. The van der Waals surface area contributed by atoms with Crippen LogP contribution in [0.15, 0.2) is 49.2 Å². The Labute approximate surface area is 136 Å². The molecular weight excluding hydrogens is 290 g/mol. The second-order valence-corrected chi connectivity index (χ2v) is 5.24. The van der Waals surface area contributed by atoms with Crippen LogP contribution in [-0.4, -0.2) is 29.0 Å². The lowest BCUT2D eigenvalue weighted by molar-refractivity contribution is 0.0775. The summed E-state index contributed by atoms with van der Waals surface area (Å²) >= 11 is 0. The van der Waals surface area contributed by atoms with Crippen LogP contribution in [0.2, 0.25) is 0 Å². The topological polar surface area (TPSA) is 58.3 Å². The second kappa shape index (κ2) is 7.32. The minimum atomic E-state index is -0.124. The molecule has 1 aromatic carbocycles. The van der Waals surface area contributed by atoms with Crippen LogP contribution in [0.25, 0.3) is 0 Å². The van der Waals surface area contributed by atoms with Crippen molar-refractivity contribution in [1.82, 2.24) is 9.47 Å². The zero-order valence-corrected chi connectivity index (χ0v) is 13.3. The van der Waals surface area contributed by atoms with Crippen LogP contribution < -0.4 is 4.74 Å². The first-order valence-electron chi connectivity index (χ1n) is 7.19. The Bertz CT molecular complexity index is 739. The van der Waals surface area contributed by atoms with E-state index in [0.717, 1.165) is 11.3 Å². The molecule has 5 heteroatoms. The first-order valence-corrected chi connectivity index (χ1v) is 7.19.